The van der Waals surface area contributed by atoms with Crippen LogP contribution in [-0.2, 0) is 4.79 Å². The molecule has 0 bridgehead atoms. The zero-order valence-electron chi connectivity index (χ0n) is 11.0. The molecule has 4 heteroatoms. The number of H-pyrrole nitrogens is 1. The van der Waals surface area contributed by atoms with E-state index in [0.717, 1.165) is 22.4 Å². The van der Waals surface area contributed by atoms with Gasteiger partial charge in [0.25, 0.3) is 0 Å². The van der Waals surface area contributed by atoms with Crippen molar-refractivity contribution >= 4 is 17.0 Å². The van der Waals surface area contributed by atoms with Crippen LogP contribution in [0.15, 0.2) is 18.2 Å². The van der Waals surface area contributed by atoms with Crippen molar-refractivity contribution in [3.63, 3.8) is 0 Å². The molecule has 19 heavy (non-hydrogen) atoms. The van der Waals surface area contributed by atoms with Gasteiger partial charge in [-0.15, -0.1) is 0 Å². The molecule has 1 unspecified atom stereocenters. The number of aromatic nitrogens is 2. The molecule has 1 aromatic carbocycles. The van der Waals surface area contributed by atoms with Crippen LogP contribution in [-0.4, -0.2) is 21.0 Å². The first-order valence-electron chi connectivity index (χ1n) is 6.85. The highest BCUT2D eigenvalue weighted by molar-refractivity contribution is 5.76. The molecule has 1 fully saturated rings. The first kappa shape index (κ1) is 12.2. The lowest BCUT2D eigenvalue weighted by Gasteiger charge is -2.22. The Hall–Kier alpha value is -1.84. The molecule has 0 amide bonds. The van der Waals surface area contributed by atoms with E-state index in [-0.39, 0.29) is 12.3 Å². The molecule has 2 N–H and O–H groups in total. The molecular weight excluding hydrogens is 240 g/mol. The third-order valence-corrected chi connectivity index (χ3v) is 4.07. The summed E-state index contributed by atoms with van der Waals surface area (Å²) in [4.78, 5) is 18.8. The van der Waals surface area contributed by atoms with Crippen LogP contribution in [0.1, 0.15) is 55.8 Å². The average Bonchev–Trinajstić information content (AvgIpc) is 2.67. The van der Waals surface area contributed by atoms with Gasteiger partial charge in [-0.3, -0.25) is 4.79 Å². The fourth-order valence-corrected chi connectivity index (χ4v) is 2.61. The summed E-state index contributed by atoms with van der Waals surface area (Å²) < 4.78 is 0. The van der Waals surface area contributed by atoms with E-state index in [1.165, 1.54) is 19.3 Å². The summed E-state index contributed by atoms with van der Waals surface area (Å²) in [6.45, 7) is 1.94. The molecule has 3 rings (SSSR count). The zero-order valence-corrected chi connectivity index (χ0v) is 11.0. The minimum Gasteiger partial charge on any atom is -0.481 e. The van der Waals surface area contributed by atoms with Crippen molar-refractivity contribution in [3.05, 3.63) is 29.6 Å². The van der Waals surface area contributed by atoms with E-state index in [9.17, 15) is 4.79 Å². The number of imidazole rings is 1. The van der Waals surface area contributed by atoms with E-state index < -0.39 is 5.97 Å². The number of fused-ring (bicyclic) bond motifs is 1. The number of carboxylic acid groups (broad SMARTS) is 1. The Morgan fingerprint density at radius 3 is 2.95 bits per heavy atom. The fourth-order valence-electron chi connectivity index (χ4n) is 2.61. The highest BCUT2D eigenvalue weighted by Crippen LogP contribution is 2.35. The lowest BCUT2D eigenvalue weighted by molar-refractivity contribution is -0.137. The van der Waals surface area contributed by atoms with Gasteiger partial charge in [-0.25, -0.2) is 4.98 Å². The highest BCUT2D eigenvalue weighted by atomic mass is 16.4. The lowest BCUT2D eigenvalue weighted by atomic mass is 9.85. The van der Waals surface area contributed by atoms with Gasteiger partial charge < -0.3 is 10.1 Å². The van der Waals surface area contributed by atoms with Crippen LogP contribution >= 0.6 is 0 Å². The summed E-state index contributed by atoms with van der Waals surface area (Å²) >= 11 is 0. The van der Waals surface area contributed by atoms with Crippen molar-refractivity contribution in [2.24, 2.45) is 0 Å². The molecule has 100 valence electrons. The average molecular weight is 258 g/mol. The van der Waals surface area contributed by atoms with Gasteiger partial charge in [0.2, 0.25) is 0 Å². The first-order valence-corrected chi connectivity index (χ1v) is 6.85. The fraction of sp³-hybridized carbons (Fsp3) is 0.467. The van der Waals surface area contributed by atoms with Crippen LogP contribution in [0.3, 0.4) is 0 Å². The standard InChI is InChI=1S/C15H18N2O2/c1-9(7-14(18)19)11-5-6-12-13(8-11)17-15(16-12)10-3-2-4-10/h5-6,8-10H,2-4,7H2,1H3,(H,16,17)(H,18,19). The molecule has 4 nitrogen and oxygen atoms in total. The summed E-state index contributed by atoms with van der Waals surface area (Å²) in [6.07, 6.45) is 3.90. The number of aliphatic carboxylic acids is 1. The van der Waals surface area contributed by atoms with Gasteiger partial charge in [0.1, 0.15) is 5.82 Å². The minimum atomic E-state index is -0.757. The molecule has 1 heterocycles. The zero-order chi connectivity index (χ0) is 13.4. The molecule has 1 aromatic heterocycles. The Balaban J connectivity index is 1.89. The van der Waals surface area contributed by atoms with Crippen molar-refractivity contribution in [2.75, 3.05) is 0 Å². The number of aromatic amines is 1. The maximum absolute atomic E-state index is 10.8. The highest BCUT2D eigenvalue weighted by Gasteiger charge is 2.22. The molecule has 2 aromatic rings. The number of carboxylic acids is 1. The molecule has 1 atom stereocenters. The van der Waals surface area contributed by atoms with Gasteiger partial charge >= 0.3 is 5.97 Å². The Kier molecular flexibility index (Phi) is 3.01. The maximum atomic E-state index is 10.8. The Morgan fingerprint density at radius 2 is 2.32 bits per heavy atom. The Labute approximate surface area is 111 Å². The van der Waals surface area contributed by atoms with Gasteiger partial charge in [-0.2, -0.15) is 0 Å². The second-order valence-electron chi connectivity index (χ2n) is 5.53. The van der Waals surface area contributed by atoms with E-state index >= 15 is 0 Å². The largest absolute Gasteiger partial charge is 0.481 e. The van der Waals surface area contributed by atoms with E-state index in [1.807, 2.05) is 25.1 Å². The molecule has 0 saturated heterocycles. The van der Waals surface area contributed by atoms with Crippen LogP contribution in [0.4, 0.5) is 0 Å². The Morgan fingerprint density at radius 1 is 1.53 bits per heavy atom. The van der Waals surface area contributed by atoms with Crippen molar-refractivity contribution < 1.29 is 9.90 Å². The summed E-state index contributed by atoms with van der Waals surface area (Å²) in [6, 6.07) is 6.02. The van der Waals surface area contributed by atoms with Crippen molar-refractivity contribution in [1.29, 1.82) is 0 Å². The van der Waals surface area contributed by atoms with Crippen LogP contribution in [0.2, 0.25) is 0 Å². The SMILES string of the molecule is CC(CC(=O)O)c1ccc2nc(C3CCC3)[nH]c2c1. The lowest BCUT2D eigenvalue weighted by Crippen LogP contribution is -2.10. The number of carbonyl (C=O) groups is 1. The van der Waals surface area contributed by atoms with Crippen molar-refractivity contribution in [3.8, 4) is 0 Å². The van der Waals surface area contributed by atoms with Crippen LogP contribution in [0, 0.1) is 0 Å². The number of rotatable bonds is 4. The smallest absolute Gasteiger partial charge is 0.303 e. The summed E-state index contributed by atoms with van der Waals surface area (Å²) in [5.41, 5.74) is 3.06. The molecule has 0 aliphatic heterocycles. The third-order valence-electron chi connectivity index (χ3n) is 4.07. The maximum Gasteiger partial charge on any atom is 0.303 e. The van der Waals surface area contributed by atoms with Crippen LogP contribution in [0.5, 0.6) is 0 Å². The predicted molar refractivity (Wildman–Crippen MR) is 73.4 cm³/mol. The summed E-state index contributed by atoms with van der Waals surface area (Å²) in [5, 5.41) is 8.85. The van der Waals surface area contributed by atoms with Gasteiger partial charge in [0, 0.05) is 5.92 Å². The van der Waals surface area contributed by atoms with Crippen molar-refractivity contribution in [2.45, 2.75) is 44.4 Å². The second kappa shape index (κ2) is 4.68. The summed E-state index contributed by atoms with van der Waals surface area (Å²) in [5.74, 6) is 0.946. The van der Waals surface area contributed by atoms with Crippen molar-refractivity contribution in [1.82, 2.24) is 9.97 Å². The molecule has 0 radical (unpaired) electrons. The number of benzene rings is 1. The number of nitrogens with one attached hydrogen (secondary N) is 1. The van der Waals surface area contributed by atoms with Crippen LogP contribution in [0.25, 0.3) is 11.0 Å². The van der Waals surface area contributed by atoms with Gasteiger partial charge in [-0.05, 0) is 36.5 Å². The molecule has 0 spiro atoms. The third kappa shape index (κ3) is 2.35. The molecule has 1 aliphatic carbocycles. The van der Waals surface area contributed by atoms with Gasteiger partial charge in [-0.1, -0.05) is 19.4 Å². The Bertz CT molecular complexity index is 614. The van der Waals surface area contributed by atoms with Gasteiger partial charge in [0.05, 0.1) is 17.5 Å². The number of hydrogen-bond acceptors (Lipinski definition) is 2. The monoisotopic (exact) mass is 258 g/mol. The molecule has 1 saturated carbocycles. The molecular formula is C15H18N2O2. The van der Waals surface area contributed by atoms with E-state index in [0.29, 0.717) is 5.92 Å². The first-order chi connectivity index (χ1) is 9.13. The van der Waals surface area contributed by atoms with Crippen LogP contribution < -0.4 is 0 Å². The quantitative estimate of drug-likeness (QED) is 0.883. The van der Waals surface area contributed by atoms with E-state index in [1.54, 1.807) is 0 Å². The number of nitrogens with zero attached hydrogens (tertiary/aromatic N) is 1. The van der Waals surface area contributed by atoms with E-state index in [4.69, 9.17) is 5.11 Å². The minimum absolute atomic E-state index is 0.0253. The van der Waals surface area contributed by atoms with Gasteiger partial charge in [0.15, 0.2) is 0 Å². The molecule has 1 aliphatic rings. The normalized spacial score (nSPS) is 17.3. The summed E-state index contributed by atoms with van der Waals surface area (Å²) in [7, 11) is 0. The number of hydrogen-bond donors (Lipinski definition) is 2. The van der Waals surface area contributed by atoms with E-state index in [2.05, 4.69) is 9.97 Å². The predicted octanol–water partition coefficient (Wildman–Crippen LogP) is 3.41. The second-order valence-corrected chi connectivity index (χ2v) is 5.53. The topological polar surface area (TPSA) is 66.0 Å².